The summed E-state index contributed by atoms with van der Waals surface area (Å²) < 4.78 is 0.778. The quantitative estimate of drug-likeness (QED) is 0.799. The van der Waals surface area contributed by atoms with E-state index >= 15 is 0 Å². The zero-order valence-corrected chi connectivity index (χ0v) is 13.8. The highest BCUT2D eigenvalue weighted by Gasteiger charge is 2.17. The Kier molecular flexibility index (Phi) is 5.58. The SMILES string of the molecule is CC(C)NC(=O)C(C)Sc1nnc(Nc2ccccc2)s1. The van der Waals surface area contributed by atoms with Gasteiger partial charge in [-0.3, -0.25) is 4.79 Å². The van der Waals surface area contributed by atoms with Crippen molar-refractivity contribution in [2.24, 2.45) is 0 Å². The highest BCUT2D eigenvalue weighted by atomic mass is 32.2. The number of para-hydroxylation sites is 1. The molecule has 1 amide bonds. The zero-order chi connectivity index (χ0) is 15.2. The van der Waals surface area contributed by atoms with Crippen molar-refractivity contribution in [2.45, 2.75) is 36.4 Å². The average molecular weight is 322 g/mol. The molecular formula is C14H18N4OS2. The van der Waals surface area contributed by atoms with Gasteiger partial charge in [-0.25, -0.2) is 0 Å². The third-order valence-corrected chi connectivity index (χ3v) is 4.53. The summed E-state index contributed by atoms with van der Waals surface area (Å²) in [6.45, 7) is 5.76. The van der Waals surface area contributed by atoms with Crippen molar-refractivity contribution in [2.75, 3.05) is 5.32 Å². The van der Waals surface area contributed by atoms with Gasteiger partial charge in [0, 0.05) is 11.7 Å². The Morgan fingerprint density at radius 3 is 2.57 bits per heavy atom. The number of anilines is 2. The first kappa shape index (κ1) is 15.8. The standard InChI is InChI=1S/C14H18N4OS2/c1-9(2)15-12(19)10(3)20-14-18-17-13(21-14)16-11-7-5-4-6-8-11/h4-10H,1-3H3,(H,15,19)(H,16,17). The molecule has 0 aliphatic carbocycles. The van der Waals surface area contributed by atoms with Crippen molar-refractivity contribution in [3.05, 3.63) is 30.3 Å². The van der Waals surface area contributed by atoms with Crippen molar-refractivity contribution in [3.8, 4) is 0 Å². The minimum atomic E-state index is -0.190. The third-order valence-electron chi connectivity index (χ3n) is 2.51. The summed E-state index contributed by atoms with van der Waals surface area (Å²) >= 11 is 2.86. The predicted octanol–water partition coefficient (Wildman–Crippen LogP) is 3.29. The molecule has 2 rings (SSSR count). The molecule has 0 saturated heterocycles. The van der Waals surface area contributed by atoms with E-state index in [9.17, 15) is 4.79 Å². The number of amides is 1. The van der Waals surface area contributed by atoms with Gasteiger partial charge >= 0.3 is 0 Å². The topological polar surface area (TPSA) is 66.9 Å². The first-order valence-corrected chi connectivity index (χ1v) is 8.37. The van der Waals surface area contributed by atoms with Crippen LogP contribution < -0.4 is 10.6 Å². The normalized spacial score (nSPS) is 12.2. The maximum atomic E-state index is 11.9. The fourth-order valence-electron chi connectivity index (χ4n) is 1.56. The van der Waals surface area contributed by atoms with Gasteiger partial charge in [-0.1, -0.05) is 41.3 Å². The van der Waals surface area contributed by atoms with Gasteiger partial charge in [0.2, 0.25) is 11.0 Å². The van der Waals surface area contributed by atoms with E-state index in [0.717, 1.165) is 15.2 Å². The largest absolute Gasteiger partial charge is 0.353 e. The van der Waals surface area contributed by atoms with Crippen LogP contribution in [-0.4, -0.2) is 27.4 Å². The molecule has 1 aromatic heterocycles. The van der Waals surface area contributed by atoms with Crippen LogP contribution >= 0.6 is 23.1 Å². The van der Waals surface area contributed by atoms with Gasteiger partial charge in [0.05, 0.1) is 5.25 Å². The summed E-state index contributed by atoms with van der Waals surface area (Å²) in [6.07, 6.45) is 0. The van der Waals surface area contributed by atoms with Crippen LogP contribution in [0.4, 0.5) is 10.8 Å². The Morgan fingerprint density at radius 2 is 1.90 bits per heavy atom. The minimum absolute atomic E-state index is 0.0165. The third kappa shape index (κ3) is 5.02. The number of carbonyl (C=O) groups is 1. The molecule has 0 bridgehead atoms. The molecule has 2 aromatic rings. The zero-order valence-electron chi connectivity index (χ0n) is 12.2. The van der Waals surface area contributed by atoms with Crippen LogP contribution in [0.1, 0.15) is 20.8 Å². The molecule has 0 spiro atoms. The van der Waals surface area contributed by atoms with Crippen LogP contribution in [0.25, 0.3) is 0 Å². The van der Waals surface area contributed by atoms with E-state index in [-0.39, 0.29) is 17.2 Å². The first-order valence-electron chi connectivity index (χ1n) is 6.67. The van der Waals surface area contributed by atoms with E-state index in [1.807, 2.05) is 51.1 Å². The Balaban J connectivity index is 1.92. The maximum Gasteiger partial charge on any atom is 0.233 e. The monoisotopic (exact) mass is 322 g/mol. The van der Waals surface area contributed by atoms with Crippen LogP contribution in [0.2, 0.25) is 0 Å². The minimum Gasteiger partial charge on any atom is -0.353 e. The summed E-state index contributed by atoms with van der Waals surface area (Å²) in [5, 5.41) is 14.8. The molecule has 0 aliphatic heterocycles. The van der Waals surface area contributed by atoms with Gasteiger partial charge < -0.3 is 10.6 Å². The van der Waals surface area contributed by atoms with Gasteiger partial charge in [-0.2, -0.15) is 0 Å². The second-order valence-electron chi connectivity index (χ2n) is 4.79. The van der Waals surface area contributed by atoms with E-state index in [1.165, 1.54) is 23.1 Å². The molecule has 0 aliphatic rings. The van der Waals surface area contributed by atoms with E-state index in [2.05, 4.69) is 20.8 Å². The van der Waals surface area contributed by atoms with Gasteiger partial charge in [0.1, 0.15) is 0 Å². The lowest BCUT2D eigenvalue weighted by molar-refractivity contribution is -0.120. The number of rotatable bonds is 6. The number of hydrogen-bond acceptors (Lipinski definition) is 6. The maximum absolute atomic E-state index is 11.9. The van der Waals surface area contributed by atoms with Crippen LogP contribution in [-0.2, 0) is 4.79 Å². The number of benzene rings is 1. The summed E-state index contributed by atoms with van der Waals surface area (Å²) in [6, 6.07) is 9.95. The van der Waals surface area contributed by atoms with Gasteiger partial charge in [-0.05, 0) is 32.9 Å². The average Bonchev–Trinajstić information content (AvgIpc) is 2.86. The summed E-state index contributed by atoms with van der Waals surface area (Å²) in [5.41, 5.74) is 0.968. The number of nitrogens with one attached hydrogen (secondary N) is 2. The van der Waals surface area contributed by atoms with Gasteiger partial charge in [-0.15, -0.1) is 10.2 Å². The van der Waals surface area contributed by atoms with Crippen molar-refractivity contribution in [1.29, 1.82) is 0 Å². The molecule has 1 unspecified atom stereocenters. The van der Waals surface area contributed by atoms with E-state index in [0.29, 0.717) is 0 Å². The van der Waals surface area contributed by atoms with Crippen molar-refractivity contribution < 1.29 is 4.79 Å². The van der Waals surface area contributed by atoms with Crippen LogP contribution in [0.5, 0.6) is 0 Å². The molecule has 1 atom stereocenters. The molecule has 1 heterocycles. The van der Waals surface area contributed by atoms with E-state index in [4.69, 9.17) is 0 Å². The summed E-state index contributed by atoms with van der Waals surface area (Å²) in [7, 11) is 0. The van der Waals surface area contributed by atoms with Gasteiger partial charge in [0.15, 0.2) is 4.34 Å². The van der Waals surface area contributed by atoms with Crippen LogP contribution in [0.3, 0.4) is 0 Å². The highest BCUT2D eigenvalue weighted by molar-refractivity contribution is 8.02. The molecule has 2 N–H and O–H groups in total. The van der Waals surface area contributed by atoms with Crippen molar-refractivity contribution in [3.63, 3.8) is 0 Å². The van der Waals surface area contributed by atoms with Gasteiger partial charge in [0.25, 0.3) is 0 Å². The Bertz CT molecular complexity index is 586. The number of thioether (sulfide) groups is 1. The first-order chi connectivity index (χ1) is 10.0. The molecule has 1 aromatic carbocycles. The second-order valence-corrected chi connectivity index (χ2v) is 7.35. The molecule has 112 valence electrons. The lowest BCUT2D eigenvalue weighted by Crippen LogP contribution is -2.35. The van der Waals surface area contributed by atoms with Crippen LogP contribution in [0, 0.1) is 0 Å². The number of carbonyl (C=O) groups excluding carboxylic acids is 1. The summed E-state index contributed by atoms with van der Waals surface area (Å²) in [4.78, 5) is 11.9. The lowest BCUT2D eigenvalue weighted by Gasteiger charge is -2.12. The van der Waals surface area contributed by atoms with E-state index in [1.54, 1.807) is 0 Å². The van der Waals surface area contributed by atoms with Crippen molar-refractivity contribution in [1.82, 2.24) is 15.5 Å². The molecule has 21 heavy (non-hydrogen) atoms. The molecule has 0 saturated carbocycles. The molecule has 0 radical (unpaired) electrons. The Labute approximate surface area is 132 Å². The highest BCUT2D eigenvalue weighted by Crippen LogP contribution is 2.30. The Hall–Kier alpha value is -1.60. The fraction of sp³-hybridized carbons (Fsp3) is 0.357. The molecular weight excluding hydrogens is 304 g/mol. The molecule has 5 nitrogen and oxygen atoms in total. The number of nitrogens with zero attached hydrogens (tertiary/aromatic N) is 2. The lowest BCUT2D eigenvalue weighted by atomic mass is 10.3. The smallest absolute Gasteiger partial charge is 0.233 e. The second kappa shape index (κ2) is 7.42. The Morgan fingerprint density at radius 1 is 1.19 bits per heavy atom. The van der Waals surface area contributed by atoms with E-state index < -0.39 is 0 Å². The summed E-state index contributed by atoms with van der Waals surface area (Å²) in [5.74, 6) is 0.0165. The predicted molar refractivity (Wildman–Crippen MR) is 88.2 cm³/mol. The molecule has 0 fully saturated rings. The molecule has 7 heteroatoms. The number of aromatic nitrogens is 2. The number of hydrogen-bond donors (Lipinski definition) is 2. The van der Waals surface area contributed by atoms with Crippen molar-refractivity contribution >= 4 is 39.8 Å². The van der Waals surface area contributed by atoms with Crippen LogP contribution in [0.15, 0.2) is 34.7 Å². The fourth-order valence-corrected chi connectivity index (χ4v) is 3.48.